The van der Waals surface area contributed by atoms with Crippen molar-refractivity contribution >= 4 is 40.6 Å². The third-order valence-corrected chi connectivity index (χ3v) is 7.00. The molecule has 0 radical (unpaired) electrons. The Morgan fingerprint density at radius 2 is 1.25 bits per heavy atom. The summed E-state index contributed by atoms with van der Waals surface area (Å²) in [4.78, 5) is 47.6. The summed E-state index contributed by atoms with van der Waals surface area (Å²) in [6, 6.07) is 14.7. The molecular weight excluding hydrogens is 542 g/mol. The van der Waals surface area contributed by atoms with Crippen molar-refractivity contribution in [2.24, 2.45) is 17.3 Å². The first-order chi connectivity index (χ1) is 18.8. The normalized spacial score (nSPS) is 12.0. The first kappa shape index (κ1) is 39.6. The lowest BCUT2D eigenvalue weighted by Crippen LogP contribution is -2.36. The fraction of sp³-hybridized carbons (Fsp3) is 0.500. The zero-order valence-corrected chi connectivity index (χ0v) is 28.0. The molecule has 0 bridgehead atoms. The van der Waals surface area contributed by atoms with Gasteiger partial charge in [-0.05, 0) is 34.4 Å². The van der Waals surface area contributed by atoms with Gasteiger partial charge in [-0.15, -0.1) is 0 Å². The van der Waals surface area contributed by atoms with E-state index in [2.05, 4.69) is 0 Å². The molecule has 0 aliphatic heterocycles. The van der Waals surface area contributed by atoms with Gasteiger partial charge in [-0.25, -0.2) is 0 Å². The van der Waals surface area contributed by atoms with Crippen LogP contribution in [0.1, 0.15) is 93.7 Å². The molecule has 2 rings (SSSR count). The van der Waals surface area contributed by atoms with Gasteiger partial charge in [0.2, 0.25) is 0 Å². The fourth-order valence-corrected chi connectivity index (χ4v) is 4.05. The first-order valence-electron chi connectivity index (χ1n) is 13.8. The van der Waals surface area contributed by atoms with E-state index in [-0.39, 0.29) is 59.1 Å². The Labute approximate surface area is 245 Å². The van der Waals surface area contributed by atoms with E-state index in [9.17, 15) is 23.7 Å². The second kappa shape index (κ2) is 21.2. The molecule has 0 amide bonds. The van der Waals surface area contributed by atoms with Gasteiger partial charge >= 0.3 is 5.97 Å². The van der Waals surface area contributed by atoms with Crippen molar-refractivity contribution in [3.8, 4) is 0 Å². The van der Waals surface area contributed by atoms with Crippen molar-refractivity contribution in [3.63, 3.8) is 0 Å². The molecule has 0 aliphatic carbocycles. The lowest BCUT2D eigenvalue weighted by molar-refractivity contribution is -0.144. The highest BCUT2D eigenvalue weighted by molar-refractivity contribution is 7.31. The van der Waals surface area contributed by atoms with Crippen LogP contribution < -0.4 is 0 Å². The fourth-order valence-electron chi connectivity index (χ4n) is 3.17. The maximum Gasteiger partial charge on any atom is 0.314 e. The van der Waals surface area contributed by atoms with Gasteiger partial charge in [0.05, 0.1) is 20.4 Å². The van der Waals surface area contributed by atoms with Crippen molar-refractivity contribution < 1.29 is 28.3 Å². The van der Waals surface area contributed by atoms with Crippen LogP contribution in [-0.2, 0) is 18.7 Å². The number of hydrogen-bond acceptors (Lipinski definition) is 6. The SMILES string of the molecule is CC.CC.CPOC(=O)C(C)(C)C(C)C(=O)c1ccc(C)cc1.Cc1ccc(C(=O)CC(C)C(=O)CP=O)cc1. The number of hydrogen-bond donors (Lipinski definition) is 0. The number of carbonyl (C=O) groups excluding carboxylic acids is 4. The molecule has 2 aromatic carbocycles. The van der Waals surface area contributed by atoms with Gasteiger partial charge in [0.15, 0.2) is 20.0 Å². The lowest BCUT2D eigenvalue weighted by Gasteiger charge is -2.28. The minimum Gasteiger partial charge on any atom is -0.448 e. The summed E-state index contributed by atoms with van der Waals surface area (Å²) < 4.78 is 15.4. The summed E-state index contributed by atoms with van der Waals surface area (Å²) in [5.41, 5.74) is 2.64. The molecule has 3 unspecified atom stereocenters. The largest absolute Gasteiger partial charge is 0.448 e. The first-order valence-corrected chi connectivity index (χ1v) is 16.2. The molecule has 0 fully saturated rings. The number of Topliss-reactive ketones (excluding diaryl/α,β-unsaturated/α-hetero) is 3. The Morgan fingerprint density at radius 1 is 0.825 bits per heavy atom. The van der Waals surface area contributed by atoms with E-state index < -0.39 is 11.3 Å². The standard InChI is InChI=1S/C15H21O3P.C13H15O3P.2C2H6/c1-10-6-8-12(9-7-10)13(16)11(2)15(3,4)14(17)18-19-5;1-9-3-5-11(6-4-9)12(14)7-10(2)13(15)8-17-16;2*1-2/h6-9,11,19H,1-5H3;3-6,10H,7-8H2,1-2H3;2*1-2H3. The van der Waals surface area contributed by atoms with Crippen LogP contribution in [0.15, 0.2) is 48.5 Å². The van der Waals surface area contributed by atoms with Gasteiger partial charge in [-0.2, -0.15) is 0 Å². The highest BCUT2D eigenvalue weighted by Crippen LogP contribution is 2.32. The van der Waals surface area contributed by atoms with Crippen LogP contribution in [0.25, 0.3) is 0 Å². The summed E-state index contributed by atoms with van der Waals surface area (Å²) in [6.07, 6.45) is 0.166. The summed E-state index contributed by atoms with van der Waals surface area (Å²) >= 11 is 0. The number of ketones is 3. The second-order valence-corrected chi connectivity index (χ2v) is 10.6. The van der Waals surface area contributed by atoms with Crippen molar-refractivity contribution in [2.75, 3.05) is 12.8 Å². The zero-order valence-electron chi connectivity index (χ0n) is 26.1. The number of aryl methyl sites for hydroxylation is 2. The Balaban J connectivity index is 0. The minimum atomic E-state index is -0.815. The Bertz CT molecular complexity index is 1060. The third kappa shape index (κ3) is 13.7. The van der Waals surface area contributed by atoms with E-state index in [1.165, 1.54) is 0 Å². The average molecular weight is 591 g/mol. The molecule has 8 heteroatoms. The Morgan fingerprint density at radius 3 is 1.65 bits per heavy atom. The van der Waals surface area contributed by atoms with Gasteiger partial charge in [0.1, 0.15) is 5.78 Å². The van der Waals surface area contributed by atoms with Crippen molar-refractivity contribution in [2.45, 2.75) is 75.7 Å². The van der Waals surface area contributed by atoms with Crippen LogP contribution >= 0.6 is 17.3 Å². The van der Waals surface area contributed by atoms with Crippen LogP contribution in [0.2, 0.25) is 0 Å². The average Bonchev–Trinajstić information content (AvgIpc) is 2.95. The van der Waals surface area contributed by atoms with Gasteiger partial charge in [0, 0.05) is 29.4 Å². The molecule has 3 atom stereocenters. The second-order valence-electron chi connectivity index (χ2n) is 9.42. The van der Waals surface area contributed by atoms with Gasteiger partial charge in [-0.1, -0.05) is 101 Å². The molecule has 0 aliphatic rings. The lowest BCUT2D eigenvalue weighted by atomic mass is 9.76. The van der Waals surface area contributed by atoms with Crippen LogP contribution in [-0.4, -0.2) is 36.1 Å². The zero-order chi connectivity index (χ0) is 31.5. The Kier molecular flexibility index (Phi) is 21.0. The Hall–Kier alpha value is -2.55. The molecule has 0 saturated carbocycles. The summed E-state index contributed by atoms with van der Waals surface area (Å²) in [6.45, 7) is 20.7. The van der Waals surface area contributed by atoms with Crippen LogP contribution in [0.5, 0.6) is 0 Å². The van der Waals surface area contributed by atoms with Crippen molar-refractivity contribution in [1.29, 1.82) is 0 Å². The van der Waals surface area contributed by atoms with Crippen molar-refractivity contribution in [1.82, 2.24) is 0 Å². The molecule has 0 N–H and O–H groups in total. The predicted octanol–water partition coefficient (Wildman–Crippen LogP) is 8.72. The predicted molar refractivity (Wildman–Crippen MR) is 168 cm³/mol. The summed E-state index contributed by atoms with van der Waals surface area (Å²) in [7, 11) is -0.0813. The van der Waals surface area contributed by atoms with Gasteiger partial charge in [-0.3, -0.25) is 23.7 Å². The molecule has 0 aromatic heterocycles. The summed E-state index contributed by atoms with van der Waals surface area (Å²) in [5.74, 6) is -1.32. The maximum atomic E-state index is 12.4. The molecule has 0 heterocycles. The van der Waals surface area contributed by atoms with E-state index in [0.29, 0.717) is 11.1 Å². The molecule has 6 nitrogen and oxygen atoms in total. The topological polar surface area (TPSA) is 94.6 Å². The van der Waals surface area contributed by atoms with E-state index in [1.807, 2.05) is 65.8 Å². The number of carbonyl (C=O) groups is 4. The van der Waals surface area contributed by atoms with Gasteiger partial charge < -0.3 is 4.52 Å². The highest BCUT2D eigenvalue weighted by atomic mass is 31.1. The van der Waals surface area contributed by atoms with Crippen LogP contribution in [0, 0.1) is 31.1 Å². The summed E-state index contributed by atoms with van der Waals surface area (Å²) in [5, 5.41) is 0. The molecule has 0 spiro atoms. The molecule has 2 aromatic rings. The van der Waals surface area contributed by atoms with E-state index in [1.54, 1.807) is 58.6 Å². The quantitative estimate of drug-likeness (QED) is 0.192. The molecule has 222 valence electrons. The number of rotatable bonds is 11. The van der Waals surface area contributed by atoms with Crippen LogP contribution in [0.4, 0.5) is 0 Å². The van der Waals surface area contributed by atoms with E-state index in [4.69, 9.17) is 4.52 Å². The van der Waals surface area contributed by atoms with E-state index >= 15 is 0 Å². The number of benzene rings is 2. The minimum absolute atomic E-state index is 0.0116. The molecular formula is C32H48O6P2. The van der Waals surface area contributed by atoms with Crippen LogP contribution in [0.3, 0.4) is 0 Å². The smallest absolute Gasteiger partial charge is 0.314 e. The monoisotopic (exact) mass is 590 g/mol. The molecule has 40 heavy (non-hydrogen) atoms. The van der Waals surface area contributed by atoms with Crippen molar-refractivity contribution in [3.05, 3.63) is 70.8 Å². The molecule has 0 saturated heterocycles. The maximum absolute atomic E-state index is 12.4. The highest BCUT2D eigenvalue weighted by Gasteiger charge is 2.39. The van der Waals surface area contributed by atoms with Gasteiger partial charge in [0.25, 0.3) is 0 Å². The van der Waals surface area contributed by atoms with E-state index in [0.717, 1.165) is 11.1 Å². The third-order valence-electron chi connectivity index (χ3n) is 6.17.